The fourth-order valence-electron chi connectivity index (χ4n) is 1.50. The van der Waals surface area contributed by atoms with Gasteiger partial charge in [-0.25, -0.2) is 0 Å². The Hall–Kier alpha value is -1.06. The van der Waals surface area contributed by atoms with Gasteiger partial charge in [0.25, 0.3) is 0 Å². The van der Waals surface area contributed by atoms with E-state index in [9.17, 15) is 0 Å². The van der Waals surface area contributed by atoms with Gasteiger partial charge >= 0.3 is 0 Å². The molecule has 3 nitrogen and oxygen atoms in total. The quantitative estimate of drug-likeness (QED) is 0.744. The summed E-state index contributed by atoms with van der Waals surface area (Å²) in [6.45, 7) is 4.87. The maximum Gasteiger partial charge on any atom is 0.188 e. The average Bonchev–Trinajstić information content (AvgIpc) is 2.16. The van der Waals surface area contributed by atoms with E-state index in [-0.39, 0.29) is 6.79 Å². The Bertz CT molecular complexity index is 287. The Morgan fingerprint density at radius 1 is 1.21 bits per heavy atom. The van der Waals surface area contributed by atoms with Crippen LogP contribution in [0.4, 0.5) is 0 Å². The molecule has 0 amide bonds. The predicted octanol–water partition coefficient (Wildman–Crippen LogP) is 1.74. The van der Waals surface area contributed by atoms with Crippen molar-refractivity contribution in [2.24, 2.45) is 5.73 Å². The second kappa shape index (κ2) is 4.98. The third-order valence-electron chi connectivity index (χ3n) is 2.08. The summed E-state index contributed by atoms with van der Waals surface area (Å²) in [6, 6.07) is 4.08. The van der Waals surface area contributed by atoms with Gasteiger partial charge in [0.2, 0.25) is 0 Å². The number of rotatable bonds is 4. The normalized spacial score (nSPS) is 10.3. The van der Waals surface area contributed by atoms with Gasteiger partial charge < -0.3 is 15.2 Å². The third kappa shape index (κ3) is 2.47. The molecule has 1 rings (SSSR count). The Kier molecular flexibility index (Phi) is 3.92. The molecule has 0 saturated carbocycles. The molecule has 0 bridgehead atoms. The van der Waals surface area contributed by atoms with Gasteiger partial charge in [0, 0.05) is 13.7 Å². The Balaban J connectivity index is 2.93. The summed E-state index contributed by atoms with van der Waals surface area (Å²) >= 11 is 0. The molecule has 0 spiro atoms. The molecule has 0 radical (unpaired) electrons. The van der Waals surface area contributed by atoms with Gasteiger partial charge in [-0.05, 0) is 30.5 Å². The standard InChI is InChI=1S/C11H17NO2/c1-8-4-10(6-12)5-9(2)11(8)14-7-13-3/h4-5H,6-7,12H2,1-3H3. The Morgan fingerprint density at radius 2 is 1.79 bits per heavy atom. The highest BCUT2D eigenvalue weighted by atomic mass is 16.7. The second-order valence-electron chi connectivity index (χ2n) is 3.31. The molecule has 0 heterocycles. The molecule has 0 unspecified atom stereocenters. The summed E-state index contributed by atoms with van der Waals surface area (Å²) in [5, 5.41) is 0. The van der Waals surface area contributed by atoms with E-state index in [1.165, 1.54) is 0 Å². The second-order valence-corrected chi connectivity index (χ2v) is 3.31. The van der Waals surface area contributed by atoms with Gasteiger partial charge in [-0.1, -0.05) is 12.1 Å². The summed E-state index contributed by atoms with van der Waals surface area (Å²) < 4.78 is 10.3. The molecule has 14 heavy (non-hydrogen) atoms. The van der Waals surface area contributed by atoms with Crippen LogP contribution in [-0.2, 0) is 11.3 Å². The van der Waals surface area contributed by atoms with Crippen LogP contribution in [-0.4, -0.2) is 13.9 Å². The van der Waals surface area contributed by atoms with Crippen molar-refractivity contribution in [1.29, 1.82) is 0 Å². The summed E-state index contributed by atoms with van der Waals surface area (Å²) in [7, 11) is 1.61. The highest BCUT2D eigenvalue weighted by Crippen LogP contribution is 2.24. The van der Waals surface area contributed by atoms with Crippen LogP contribution in [0.2, 0.25) is 0 Å². The first-order chi connectivity index (χ1) is 6.69. The molecule has 0 aromatic heterocycles. The molecule has 1 aromatic rings. The first-order valence-electron chi connectivity index (χ1n) is 4.61. The molecule has 3 heteroatoms. The maximum absolute atomic E-state index is 5.57. The molecule has 0 fully saturated rings. The minimum Gasteiger partial charge on any atom is -0.467 e. The fraction of sp³-hybridized carbons (Fsp3) is 0.455. The van der Waals surface area contributed by atoms with Gasteiger partial charge in [0.05, 0.1) is 0 Å². The van der Waals surface area contributed by atoms with E-state index in [0.717, 1.165) is 22.4 Å². The van der Waals surface area contributed by atoms with E-state index >= 15 is 0 Å². The number of benzene rings is 1. The topological polar surface area (TPSA) is 44.5 Å². The largest absolute Gasteiger partial charge is 0.467 e. The fourth-order valence-corrected chi connectivity index (χ4v) is 1.50. The van der Waals surface area contributed by atoms with Crippen molar-refractivity contribution >= 4 is 0 Å². The molecular weight excluding hydrogens is 178 g/mol. The lowest BCUT2D eigenvalue weighted by Crippen LogP contribution is -2.04. The molecule has 0 saturated heterocycles. The van der Waals surface area contributed by atoms with Crippen molar-refractivity contribution in [1.82, 2.24) is 0 Å². The zero-order valence-corrected chi connectivity index (χ0v) is 8.96. The predicted molar refractivity (Wildman–Crippen MR) is 56.3 cm³/mol. The average molecular weight is 195 g/mol. The van der Waals surface area contributed by atoms with E-state index < -0.39 is 0 Å². The minimum atomic E-state index is 0.281. The van der Waals surface area contributed by atoms with Crippen LogP contribution >= 0.6 is 0 Å². The SMILES string of the molecule is COCOc1c(C)cc(CN)cc1C. The molecular formula is C11H17NO2. The van der Waals surface area contributed by atoms with Gasteiger partial charge in [-0.3, -0.25) is 0 Å². The van der Waals surface area contributed by atoms with Crippen molar-refractivity contribution in [2.45, 2.75) is 20.4 Å². The lowest BCUT2D eigenvalue weighted by molar-refractivity contribution is 0.0501. The number of nitrogens with two attached hydrogens (primary N) is 1. The van der Waals surface area contributed by atoms with Crippen molar-refractivity contribution < 1.29 is 9.47 Å². The van der Waals surface area contributed by atoms with E-state index in [2.05, 4.69) is 0 Å². The van der Waals surface area contributed by atoms with Gasteiger partial charge in [-0.2, -0.15) is 0 Å². The number of ether oxygens (including phenoxy) is 2. The molecule has 0 aliphatic heterocycles. The van der Waals surface area contributed by atoms with Crippen molar-refractivity contribution in [2.75, 3.05) is 13.9 Å². The summed E-state index contributed by atoms with van der Waals surface area (Å²) in [6.07, 6.45) is 0. The number of hydrogen-bond acceptors (Lipinski definition) is 3. The molecule has 78 valence electrons. The zero-order valence-electron chi connectivity index (χ0n) is 8.96. The summed E-state index contributed by atoms with van der Waals surface area (Å²) in [5.41, 5.74) is 8.90. The summed E-state index contributed by atoms with van der Waals surface area (Å²) in [4.78, 5) is 0. The third-order valence-corrected chi connectivity index (χ3v) is 2.08. The van der Waals surface area contributed by atoms with Crippen molar-refractivity contribution in [3.05, 3.63) is 28.8 Å². The molecule has 0 atom stereocenters. The van der Waals surface area contributed by atoms with E-state index in [4.69, 9.17) is 15.2 Å². The van der Waals surface area contributed by atoms with Crippen molar-refractivity contribution in [3.8, 4) is 5.75 Å². The van der Waals surface area contributed by atoms with Crippen LogP contribution in [0.1, 0.15) is 16.7 Å². The number of aryl methyl sites for hydroxylation is 2. The lowest BCUT2D eigenvalue weighted by atomic mass is 10.1. The van der Waals surface area contributed by atoms with E-state index in [1.54, 1.807) is 7.11 Å². The van der Waals surface area contributed by atoms with Crippen LogP contribution in [0, 0.1) is 13.8 Å². The molecule has 1 aromatic carbocycles. The molecule has 0 aliphatic rings. The van der Waals surface area contributed by atoms with Gasteiger partial charge in [0.15, 0.2) is 6.79 Å². The zero-order chi connectivity index (χ0) is 10.6. The monoisotopic (exact) mass is 195 g/mol. The minimum absolute atomic E-state index is 0.281. The first kappa shape index (κ1) is 11.0. The highest BCUT2D eigenvalue weighted by Gasteiger charge is 2.05. The number of hydrogen-bond donors (Lipinski definition) is 1. The van der Waals surface area contributed by atoms with Gasteiger partial charge in [-0.15, -0.1) is 0 Å². The first-order valence-corrected chi connectivity index (χ1v) is 4.61. The van der Waals surface area contributed by atoms with Crippen LogP contribution in [0.5, 0.6) is 5.75 Å². The highest BCUT2D eigenvalue weighted by molar-refractivity contribution is 5.43. The molecule has 2 N–H and O–H groups in total. The smallest absolute Gasteiger partial charge is 0.188 e. The Morgan fingerprint density at radius 3 is 2.21 bits per heavy atom. The van der Waals surface area contributed by atoms with Crippen LogP contribution < -0.4 is 10.5 Å². The van der Waals surface area contributed by atoms with Crippen LogP contribution in [0.3, 0.4) is 0 Å². The van der Waals surface area contributed by atoms with E-state index in [0.29, 0.717) is 6.54 Å². The number of methoxy groups -OCH3 is 1. The van der Waals surface area contributed by atoms with Gasteiger partial charge in [0.1, 0.15) is 5.75 Å². The van der Waals surface area contributed by atoms with Crippen LogP contribution in [0.25, 0.3) is 0 Å². The van der Waals surface area contributed by atoms with Crippen LogP contribution in [0.15, 0.2) is 12.1 Å². The van der Waals surface area contributed by atoms with E-state index in [1.807, 2.05) is 26.0 Å². The Labute approximate surface area is 84.8 Å². The maximum atomic E-state index is 5.57. The molecule has 0 aliphatic carbocycles. The lowest BCUT2D eigenvalue weighted by Gasteiger charge is -2.12. The van der Waals surface area contributed by atoms with Crippen molar-refractivity contribution in [3.63, 3.8) is 0 Å². The summed E-state index contributed by atoms with van der Waals surface area (Å²) in [5.74, 6) is 0.893.